The molecule has 8 heteroatoms. The van der Waals surface area contributed by atoms with E-state index in [-0.39, 0.29) is 11.8 Å². The van der Waals surface area contributed by atoms with Crippen LogP contribution >= 0.6 is 27.3 Å². The molecular weight excluding hydrogens is 392 g/mol. The van der Waals surface area contributed by atoms with Crippen LogP contribution in [0.1, 0.15) is 27.2 Å². The van der Waals surface area contributed by atoms with Crippen LogP contribution in [0.4, 0.5) is 0 Å². The van der Waals surface area contributed by atoms with Crippen molar-refractivity contribution in [2.45, 2.75) is 20.0 Å². The highest BCUT2D eigenvalue weighted by molar-refractivity contribution is 9.10. The highest BCUT2D eigenvalue weighted by Gasteiger charge is 2.10. The molecule has 2 N–H and O–H groups in total. The molecule has 0 fully saturated rings. The summed E-state index contributed by atoms with van der Waals surface area (Å²) in [5.41, 5.74) is 1.62. The molecule has 0 unspecified atom stereocenters. The minimum absolute atomic E-state index is 0.0899. The van der Waals surface area contributed by atoms with Gasteiger partial charge in [-0.1, -0.05) is 0 Å². The van der Waals surface area contributed by atoms with Crippen molar-refractivity contribution < 1.29 is 9.59 Å². The minimum atomic E-state index is -0.146. The molecule has 3 aromatic rings. The van der Waals surface area contributed by atoms with Gasteiger partial charge in [-0.05, 0) is 40.2 Å². The number of imidazole rings is 1. The van der Waals surface area contributed by atoms with Crippen molar-refractivity contribution >= 4 is 44.7 Å². The molecule has 0 spiro atoms. The Morgan fingerprint density at radius 3 is 2.79 bits per heavy atom. The average molecular weight is 407 g/mol. The monoisotopic (exact) mass is 406 g/mol. The Labute approximate surface area is 151 Å². The van der Waals surface area contributed by atoms with Crippen molar-refractivity contribution in [3.63, 3.8) is 0 Å². The summed E-state index contributed by atoms with van der Waals surface area (Å²) in [7, 11) is 0. The quantitative estimate of drug-likeness (QED) is 0.683. The Kier molecular flexibility index (Phi) is 4.96. The first-order valence-electron chi connectivity index (χ1n) is 7.26. The molecule has 0 saturated carbocycles. The molecule has 6 nitrogen and oxygen atoms in total. The Balaban J connectivity index is 1.61. The van der Waals surface area contributed by atoms with Gasteiger partial charge < -0.3 is 15.0 Å². The van der Waals surface area contributed by atoms with Crippen LogP contribution in [0, 0.1) is 0 Å². The average Bonchev–Trinajstić information content (AvgIpc) is 3.16. The van der Waals surface area contributed by atoms with Gasteiger partial charge in [-0.25, -0.2) is 4.98 Å². The maximum Gasteiger partial charge on any atom is 0.261 e. The lowest BCUT2D eigenvalue weighted by atomic mass is 10.4. The molecule has 0 aliphatic carbocycles. The van der Waals surface area contributed by atoms with Gasteiger partial charge in [0.25, 0.3) is 5.91 Å². The van der Waals surface area contributed by atoms with Gasteiger partial charge in [-0.15, -0.1) is 11.3 Å². The van der Waals surface area contributed by atoms with E-state index in [1.807, 2.05) is 35.0 Å². The van der Waals surface area contributed by atoms with E-state index in [0.717, 1.165) is 20.7 Å². The number of rotatable bonds is 5. The van der Waals surface area contributed by atoms with Gasteiger partial charge in [0.05, 0.1) is 23.7 Å². The number of carbonyl (C=O) groups is 2. The van der Waals surface area contributed by atoms with Crippen LogP contribution in [0.3, 0.4) is 0 Å². The predicted octanol–water partition coefficient (Wildman–Crippen LogP) is 2.72. The number of thiophene rings is 1. The van der Waals surface area contributed by atoms with Gasteiger partial charge in [-0.3, -0.25) is 9.59 Å². The van der Waals surface area contributed by atoms with Crippen molar-refractivity contribution in [1.82, 2.24) is 20.0 Å². The fourth-order valence-corrected chi connectivity index (χ4v) is 3.38. The predicted molar refractivity (Wildman–Crippen MR) is 95.9 cm³/mol. The number of amides is 2. The van der Waals surface area contributed by atoms with Crippen LogP contribution in [-0.2, 0) is 17.9 Å². The summed E-state index contributed by atoms with van der Waals surface area (Å²) in [5, 5.41) is 5.58. The Morgan fingerprint density at radius 2 is 2.00 bits per heavy atom. The Bertz CT molecular complexity index is 903. The molecule has 3 heterocycles. The van der Waals surface area contributed by atoms with Gasteiger partial charge in [0.1, 0.15) is 5.65 Å². The second-order valence-corrected chi connectivity index (χ2v) is 7.29. The van der Waals surface area contributed by atoms with Gasteiger partial charge in [0.2, 0.25) is 5.91 Å². The smallest absolute Gasteiger partial charge is 0.261 e. The number of aromatic nitrogens is 2. The molecule has 0 aliphatic rings. The number of hydrogen-bond acceptors (Lipinski definition) is 4. The summed E-state index contributed by atoms with van der Waals surface area (Å²) in [6, 6.07) is 7.44. The zero-order valence-corrected chi connectivity index (χ0v) is 15.3. The topological polar surface area (TPSA) is 75.5 Å². The van der Waals surface area contributed by atoms with E-state index in [1.165, 1.54) is 18.3 Å². The lowest BCUT2D eigenvalue weighted by molar-refractivity contribution is -0.119. The van der Waals surface area contributed by atoms with Gasteiger partial charge >= 0.3 is 0 Å². The van der Waals surface area contributed by atoms with E-state index >= 15 is 0 Å². The van der Waals surface area contributed by atoms with Crippen molar-refractivity contribution in [2.24, 2.45) is 0 Å². The Hall–Kier alpha value is -2.19. The molecular formula is C16H15BrN4O2S. The summed E-state index contributed by atoms with van der Waals surface area (Å²) in [6.07, 6.45) is 3.80. The summed E-state index contributed by atoms with van der Waals surface area (Å²) in [5.74, 6) is -0.236. The lowest BCUT2D eigenvalue weighted by Crippen LogP contribution is -2.22. The van der Waals surface area contributed by atoms with Crippen LogP contribution in [0.15, 0.2) is 41.1 Å². The first kappa shape index (κ1) is 16.7. The Morgan fingerprint density at radius 1 is 1.17 bits per heavy atom. The van der Waals surface area contributed by atoms with E-state index in [2.05, 4.69) is 31.5 Å². The molecule has 3 aromatic heterocycles. The van der Waals surface area contributed by atoms with Gasteiger partial charge in [0.15, 0.2) is 0 Å². The number of pyridine rings is 1. The zero-order chi connectivity index (χ0) is 17.1. The summed E-state index contributed by atoms with van der Waals surface area (Å²) < 4.78 is 2.87. The molecule has 0 aliphatic heterocycles. The van der Waals surface area contributed by atoms with Crippen molar-refractivity contribution in [2.75, 3.05) is 0 Å². The molecule has 0 radical (unpaired) electrons. The molecule has 3 rings (SSSR count). The summed E-state index contributed by atoms with van der Waals surface area (Å²) in [4.78, 5) is 29.1. The zero-order valence-electron chi connectivity index (χ0n) is 12.9. The number of carbonyl (C=O) groups excluding carboxylic acids is 2. The number of fused-ring (bicyclic) bond motifs is 1. The van der Waals surface area contributed by atoms with Crippen LogP contribution in [0.5, 0.6) is 0 Å². The molecule has 0 bridgehead atoms. The maximum absolute atomic E-state index is 12.2. The SMILES string of the molecule is CC(=O)NCc1ccc(C(=O)NCc2cn3cc(Br)ccc3n2)s1. The molecule has 0 saturated heterocycles. The fraction of sp³-hybridized carbons (Fsp3) is 0.188. The van der Waals surface area contributed by atoms with E-state index in [0.29, 0.717) is 18.0 Å². The van der Waals surface area contributed by atoms with Crippen LogP contribution < -0.4 is 10.6 Å². The maximum atomic E-state index is 12.2. The standard InChI is InChI=1S/C16H15BrN4O2S/c1-10(22)18-7-13-3-4-14(24-13)16(23)19-6-12-9-21-8-11(17)2-5-15(21)20-12/h2-5,8-9H,6-7H2,1H3,(H,18,22)(H,19,23). The van der Waals surface area contributed by atoms with E-state index in [9.17, 15) is 9.59 Å². The van der Waals surface area contributed by atoms with Gasteiger partial charge in [0, 0.05) is 28.7 Å². The third-order valence-electron chi connectivity index (χ3n) is 3.29. The van der Waals surface area contributed by atoms with Crippen molar-refractivity contribution in [1.29, 1.82) is 0 Å². The number of nitrogens with one attached hydrogen (secondary N) is 2. The summed E-state index contributed by atoms with van der Waals surface area (Å²) in [6.45, 7) is 2.26. The van der Waals surface area contributed by atoms with E-state index in [4.69, 9.17) is 0 Å². The van der Waals surface area contributed by atoms with Crippen LogP contribution in [-0.4, -0.2) is 21.2 Å². The second-order valence-electron chi connectivity index (χ2n) is 5.20. The third kappa shape index (κ3) is 4.01. The highest BCUT2D eigenvalue weighted by Crippen LogP contribution is 2.17. The molecule has 2 amide bonds. The first-order chi connectivity index (χ1) is 11.5. The van der Waals surface area contributed by atoms with Crippen molar-refractivity contribution in [3.8, 4) is 0 Å². The molecule has 0 atom stereocenters. The second kappa shape index (κ2) is 7.14. The highest BCUT2D eigenvalue weighted by atomic mass is 79.9. The molecule has 0 aromatic carbocycles. The molecule has 124 valence electrons. The summed E-state index contributed by atoms with van der Waals surface area (Å²) >= 11 is 4.78. The van der Waals surface area contributed by atoms with Gasteiger partial charge in [-0.2, -0.15) is 0 Å². The van der Waals surface area contributed by atoms with Crippen LogP contribution in [0.2, 0.25) is 0 Å². The fourth-order valence-electron chi connectivity index (χ4n) is 2.17. The lowest BCUT2D eigenvalue weighted by Gasteiger charge is -2.00. The number of nitrogens with zero attached hydrogens (tertiary/aromatic N) is 2. The number of halogens is 1. The van der Waals surface area contributed by atoms with E-state index in [1.54, 1.807) is 6.07 Å². The van der Waals surface area contributed by atoms with Crippen molar-refractivity contribution in [3.05, 3.63) is 56.6 Å². The largest absolute Gasteiger partial charge is 0.351 e. The normalized spacial score (nSPS) is 10.8. The first-order valence-corrected chi connectivity index (χ1v) is 8.87. The molecule has 24 heavy (non-hydrogen) atoms. The number of hydrogen-bond donors (Lipinski definition) is 2. The van der Waals surface area contributed by atoms with E-state index < -0.39 is 0 Å². The minimum Gasteiger partial charge on any atom is -0.351 e. The van der Waals surface area contributed by atoms with Crippen LogP contribution in [0.25, 0.3) is 5.65 Å². The third-order valence-corrected chi connectivity index (χ3v) is 4.85.